The quantitative estimate of drug-likeness (QED) is 0.363. The number of Topliss-reactive ketones (excluding diaryl/α,β-unsaturated/α-hetero) is 2. The fourth-order valence-electron chi connectivity index (χ4n) is 2.97. The molecule has 0 radical (unpaired) electrons. The Kier molecular flexibility index (Phi) is 8.23. The number of nitrogens with zero attached hydrogens (tertiary/aromatic N) is 2. The van der Waals surface area contributed by atoms with Crippen LogP contribution in [0.1, 0.15) is 65.2 Å². The van der Waals surface area contributed by atoms with E-state index in [0.29, 0.717) is 0 Å². The van der Waals surface area contributed by atoms with Gasteiger partial charge in [0.1, 0.15) is 22.3 Å². The summed E-state index contributed by atoms with van der Waals surface area (Å²) in [5, 5.41) is -1.43. The van der Waals surface area contributed by atoms with Gasteiger partial charge in [-0.15, -0.1) is 0 Å². The molecule has 0 aromatic carbocycles. The van der Waals surface area contributed by atoms with Gasteiger partial charge in [0.05, 0.1) is 0 Å². The molecule has 2 unspecified atom stereocenters. The van der Waals surface area contributed by atoms with Gasteiger partial charge in [-0.2, -0.15) is 0 Å². The van der Waals surface area contributed by atoms with Crippen LogP contribution < -0.4 is 0 Å². The van der Waals surface area contributed by atoms with Crippen molar-refractivity contribution in [1.82, 2.24) is 9.80 Å². The lowest BCUT2D eigenvalue weighted by molar-refractivity contribution is -0.141. The van der Waals surface area contributed by atoms with E-state index in [1.165, 1.54) is 0 Å². The Bertz CT molecular complexity index is 606. The Morgan fingerprint density at radius 1 is 0.714 bits per heavy atom. The van der Waals surface area contributed by atoms with Crippen LogP contribution in [0.2, 0.25) is 0 Å². The third-order valence-corrected chi connectivity index (χ3v) is 7.60. The van der Waals surface area contributed by atoms with Gasteiger partial charge in [0, 0.05) is 51.4 Å². The van der Waals surface area contributed by atoms with Crippen LogP contribution in [0.3, 0.4) is 0 Å². The second-order valence-corrected chi connectivity index (χ2v) is 9.24. The van der Waals surface area contributed by atoms with Crippen molar-refractivity contribution in [1.29, 1.82) is 0 Å². The fraction of sp³-hybridized carbons (Fsp3) is 0.667. The highest BCUT2D eigenvalue weighted by atomic mass is 33.1. The lowest BCUT2D eigenvalue weighted by Crippen LogP contribution is -2.40. The molecule has 0 spiro atoms. The normalized spacial score (nSPS) is 19.5. The molecule has 4 amide bonds. The van der Waals surface area contributed by atoms with Crippen LogP contribution in [0.5, 0.6) is 0 Å². The van der Waals surface area contributed by atoms with Crippen LogP contribution in [-0.4, -0.2) is 55.7 Å². The number of likely N-dealkylation sites (tertiary alicyclic amines) is 2. The van der Waals surface area contributed by atoms with E-state index in [2.05, 4.69) is 0 Å². The summed E-state index contributed by atoms with van der Waals surface area (Å²) in [5.41, 5.74) is 0. The fourth-order valence-corrected chi connectivity index (χ4v) is 6.07. The first-order valence-corrected chi connectivity index (χ1v) is 11.6. The van der Waals surface area contributed by atoms with Crippen LogP contribution in [-0.2, 0) is 28.8 Å². The Morgan fingerprint density at radius 2 is 1.00 bits per heavy atom. The minimum atomic E-state index is -0.716. The van der Waals surface area contributed by atoms with Crippen molar-refractivity contribution in [2.75, 3.05) is 0 Å². The summed E-state index contributed by atoms with van der Waals surface area (Å²) < 4.78 is 0. The Morgan fingerprint density at radius 3 is 1.25 bits per heavy atom. The van der Waals surface area contributed by atoms with Crippen molar-refractivity contribution < 1.29 is 28.8 Å². The van der Waals surface area contributed by atoms with Gasteiger partial charge >= 0.3 is 0 Å². The maximum absolute atomic E-state index is 12.1. The molecule has 10 heteroatoms. The zero-order valence-corrected chi connectivity index (χ0v) is 17.6. The summed E-state index contributed by atoms with van der Waals surface area (Å²) in [7, 11) is 2.21. The standard InChI is InChI=1S/C18H24N2O6S2/c1-3-11(21)9-17(19-13(23)5-6-14(19)24)27-28-18(10-12(22)4-2)20-15(25)7-8-16(20)26/h17-18H,3-10H2,1-2H3. The van der Waals surface area contributed by atoms with E-state index in [0.717, 1.165) is 31.4 Å². The second-order valence-electron chi connectivity index (χ2n) is 6.61. The topological polar surface area (TPSA) is 109 Å². The van der Waals surface area contributed by atoms with Crippen molar-refractivity contribution >= 4 is 56.8 Å². The minimum Gasteiger partial charge on any atom is -0.300 e. The third-order valence-electron chi connectivity index (χ3n) is 4.63. The molecule has 0 bridgehead atoms. The van der Waals surface area contributed by atoms with Gasteiger partial charge in [0.2, 0.25) is 23.6 Å². The third kappa shape index (κ3) is 5.44. The number of imide groups is 2. The zero-order valence-electron chi connectivity index (χ0n) is 16.0. The lowest BCUT2D eigenvalue weighted by Gasteiger charge is -2.29. The first-order chi connectivity index (χ1) is 13.3. The molecule has 2 heterocycles. The van der Waals surface area contributed by atoms with Crippen LogP contribution in [0.25, 0.3) is 0 Å². The van der Waals surface area contributed by atoms with E-state index in [4.69, 9.17) is 0 Å². The highest BCUT2D eigenvalue weighted by Gasteiger charge is 2.40. The number of hydrogen-bond acceptors (Lipinski definition) is 8. The Labute approximate surface area is 171 Å². The molecule has 0 aliphatic carbocycles. The molecular formula is C18H24N2O6S2. The number of carbonyl (C=O) groups is 6. The predicted octanol–water partition coefficient (Wildman–Crippen LogP) is 2.06. The van der Waals surface area contributed by atoms with Gasteiger partial charge in [0.25, 0.3) is 0 Å². The highest BCUT2D eigenvalue weighted by molar-refractivity contribution is 8.77. The van der Waals surface area contributed by atoms with Crippen molar-refractivity contribution in [3.8, 4) is 0 Å². The summed E-state index contributed by atoms with van der Waals surface area (Å²) in [5.74, 6) is -1.52. The van der Waals surface area contributed by atoms with Crippen LogP contribution in [0.15, 0.2) is 0 Å². The Balaban J connectivity index is 2.17. The van der Waals surface area contributed by atoms with E-state index in [1.807, 2.05) is 0 Å². The average Bonchev–Trinajstić information content (AvgIpc) is 3.18. The molecule has 2 fully saturated rings. The van der Waals surface area contributed by atoms with Crippen LogP contribution in [0.4, 0.5) is 0 Å². The van der Waals surface area contributed by atoms with E-state index >= 15 is 0 Å². The molecule has 2 rings (SSSR count). The first kappa shape index (κ1) is 22.6. The molecule has 154 valence electrons. The lowest BCUT2D eigenvalue weighted by atomic mass is 10.2. The second kappa shape index (κ2) is 10.2. The summed E-state index contributed by atoms with van der Waals surface area (Å²) in [4.78, 5) is 74.7. The maximum Gasteiger partial charge on any atom is 0.230 e. The monoisotopic (exact) mass is 428 g/mol. The van der Waals surface area contributed by atoms with Gasteiger partial charge in [-0.25, -0.2) is 0 Å². The largest absolute Gasteiger partial charge is 0.300 e. The average molecular weight is 429 g/mol. The summed E-state index contributed by atoms with van der Waals surface area (Å²) in [6.07, 6.45) is 1.01. The van der Waals surface area contributed by atoms with Gasteiger partial charge in [0.15, 0.2) is 0 Å². The first-order valence-electron chi connectivity index (χ1n) is 9.33. The zero-order chi connectivity index (χ0) is 20.8. The molecule has 2 saturated heterocycles. The summed E-state index contributed by atoms with van der Waals surface area (Å²) in [6, 6.07) is 0. The minimum absolute atomic E-state index is 0.00197. The van der Waals surface area contributed by atoms with E-state index < -0.39 is 10.7 Å². The molecule has 2 atom stereocenters. The molecule has 28 heavy (non-hydrogen) atoms. The number of amides is 4. The molecular weight excluding hydrogens is 404 g/mol. The number of rotatable bonds is 11. The molecule has 0 N–H and O–H groups in total. The molecule has 0 aromatic rings. The number of hydrogen-bond donors (Lipinski definition) is 0. The van der Waals surface area contributed by atoms with Gasteiger partial charge in [-0.1, -0.05) is 35.4 Å². The molecule has 0 saturated carbocycles. The SMILES string of the molecule is CCC(=O)CC(SSC(CC(=O)CC)N1C(=O)CCC1=O)N1C(=O)CCC1=O. The molecule has 0 aromatic heterocycles. The Hall–Kier alpha value is -1.68. The van der Waals surface area contributed by atoms with Crippen molar-refractivity contribution in [3.63, 3.8) is 0 Å². The van der Waals surface area contributed by atoms with Gasteiger partial charge in [-0.05, 0) is 0 Å². The van der Waals surface area contributed by atoms with Crippen molar-refractivity contribution in [3.05, 3.63) is 0 Å². The van der Waals surface area contributed by atoms with Crippen LogP contribution in [0, 0.1) is 0 Å². The number of ketones is 2. The maximum atomic E-state index is 12.1. The summed E-state index contributed by atoms with van der Waals surface area (Å²) >= 11 is 0. The molecule has 8 nitrogen and oxygen atoms in total. The van der Waals surface area contributed by atoms with E-state index in [-0.39, 0.29) is 86.6 Å². The number of carbonyl (C=O) groups excluding carboxylic acids is 6. The van der Waals surface area contributed by atoms with E-state index in [9.17, 15) is 28.8 Å². The molecule has 2 aliphatic rings. The highest BCUT2D eigenvalue weighted by Crippen LogP contribution is 2.40. The smallest absolute Gasteiger partial charge is 0.230 e. The van der Waals surface area contributed by atoms with Crippen LogP contribution >= 0.6 is 21.6 Å². The predicted molar refractivity (Wildman–Crippen MR) is 105 cm³/mol. The van der Waals surface area contributed by atoms with Crippen molar-refractivity contribution in [2.24, 2.45) is 0 Å². The molecule has 2 aliphatic heterocycles. The van der Waals surface area contributed by atoms with Gasteiger partial charge < -0.3 is 0 Å². The summed E-state index contributed by atoms with van der Waals surface area (Å²) in [6.45, 7) is 3.41. The van der Waals surface area contributed by atoms with E-state index in [1.54, 1.807) is 13.8 Å². The van der Waals surface area contributed by atoms with Crippen molar-refractivity contribution in [2.45, 2.75) is 76.0 Å². The van der Waals surface area contributed by atoms with Gasteiger partial charge in [-0.3, -0.25) is 38.6 Å².